The van der Waals surface area contributed by atoms with Crippen molar-refractivity contribution in [1.29, 1.82) is 0 Å². The number of aromatic nitrogens is 1. The zero-order valence-corrected chi connectivity index (χ0v) is 15.9. The molecule has 1 aromatic heterocycles. The van der Waals surface area contributed by atoms with E-state index in [1.54, 1.807) is 24.4 Å². The molecule has 0 saturated carbocycles. The van der Waals surface area contributed by atoms with E-state index in [0.29, 0.717) is 17.2 Å². The molecule has 1 heterocycles. The number of carbonyl (C=O) groups is 2. The summed E-state index contributed by atoms with van der Waals surface area (Å²) in [5, 5.41) is 3.66. The molecule has 7 nitrogen and oxygen atoms in total. The molecule has 1 atom stereocenters. The second-order valence-electron chi connectivity index (χ2n) is 6.22. The lowest BCUT2D eigenvalue weighted by molar-refractivity contribution is -0.152. The van der Waals surface area contributed by atoms with E-state index in [1.165, 1.54) is 21.1 Å². The second-order valence-corrected chi connectivity index (χ2v) is 6.22. The maximum atomic E-state index is 12.4. The largest absolute Gasteiger partial charge is 0.497 e. The Balaban J connectivity index is 1.63. The first-order valence-corrected chi connectivity index (χ1v) is 8.79. The number of fused-ring (bicyclic) bond motifs is 1. The monoisotopic (exact) mass is 382 g/mol. The van der Waals surface area contributed by atoms with Gasteiger partial charge in [0.05, 0.1) is 26.3 Å². The predicted molar refractivity (Wildman–Crippen MR) is 106 cm³/mol. The summed E-state index contributed by atoms with van der Waals surface area (Å²) in [5.41, 5.74) is 2.20. The highest BCUT2D eigenvalue weighted by Gasteiger charge is 2.20. The maximum absolute atomic E-state index is 12.4. The number of nitrogens with one attached hydrogen (secondary N) is 2. The van der Waals surface area contributed by atoms with Crippen LogP contribution in [0, 0.1) is 0 Å². The first kappa shape index (κ1) is 19.3. The summed E-state index contributed by atoms with van der Waals surface area (Å²) in [6, 6.07) is 12.7. The van der Waals surface area contributed by atoms with Crippen LogP contribution in [-0.4, -0.2) is 37.2 Å². The molecule has 1 unspecified atom stereocenters. The standard InChI is InChI=1S/C21H22N2O5/c1-13(21(25)23-18-11-15(26-2)8-9-19(18)27-3)28-20(24)10-14-12-22-17-7-5-4-6-16(14)17/h4-9,11-13,22H,10H2,1-3H3,(H,23,25). The van der Waals surface area contributed by atoms with Crippen LogP contribution in [0.3, 0.4) is 0 Å². The highest BCUT2D eigenvalue weighted by atomic mass is 16.5. The first-order chi connectivity index (χ1) is 13.5. The van der Waals surface area contributed by atoms with Crippen LogP contribution in [0.15, 0.2) is 48.7 Å². The molecule has 1 amide bonds. The van der Waals surface area contributed by atoms with Crippen LogP contribution in [0.5, 0.6) is 11.5 Å². The van der Waals surface area contributed by atoms with Crippen LogP contribution in [-0.2, 0) is 20.7 Å². The van der Waals surface area contributed by atoms with Crippen LogP contribution >= 0.6 is 0 Å². The topological polar surface area (TPSA) is 89.7 Å². The summed E-state index contributed by atoms with van der Waals surface area (Å²) < 4.78 is 15.7. The van der Waals surface area contributed by atoms with Crippen molar-refractivity contribution >= 4 is 28.5 Å². The van der Waals surface area contributed by atoms with Gasteiger partial charge in [-0.3, -0.25) is 9.59 Å². The van der Waals surface area contributed by atoms with Crippen molar-refractivity contribution in [3.63, 3.8) is 0 Å². The number of anilines is 1. The number of H-pyrrole nitrogens is 1. The molecular formula is C21H22N2O5. The smallest absolute Gasteiger partial charge is 0.311 e. The van der Waals surface area contributed by atoms with Gasteiger partial charge in [-0.05, 0) is 30.7 Å². The van der Waals surface area contributed by atoms with Gasteiger partial charge in [0.15, 0.2) is 6.10 Å². The summed E-state index contributed by atoms with van der Waals surface area (Å²) >= 11 is 0. The van der Waals surface area contributed by atoms with Crippen LogP contribution in [0.1, 0.15) is 12.5 Å². The summed E-state index contributed by atoms with van der Waals surface area (Å²) in [6.07, 6.45) is 0.885. The number of esters is 1. The Labute approximate surface area is 162 Å². The van der Waals surface area contributed by atoms with Gasteiger partial charge in [0.1, 0.15) is 11.5 Å². The zero-order chi connectivity index (χ0) is 20.1. The number of para-hydroxylation sites is 1. The van der Waals surface area contributed by atoms with Crippen molar-refractivity contribution in [2.24, 2.45) is 0 Å². The molecule has 3 rings (SSSR count). The summed E-state index contributed by atoms with van der Waals surface area (Å²) in [5.74, 6) is 0.107. The number of rotatable bonds is 7. The van der Waals surface area contributed by atoms with Crippen molar-refractivity contribution in [1.82, 2.24) is 4.98 Å². The fraction of sp³-hybridized carbons (Fsp3) is 0.238. The molecule has 2 aromatic carbocycles. The summed E-state index contributed by atoms with van der Waals surface area (Å²) in [4.78, 5) is 27.8. The molecule has 0 radical (unpaired) electrons. The molecular weight excluding hydrogens is 360 g/mol. The minimum atomic E-state index is -0.964. The van der Waals surface area contributed by atoms with Gasteiger partial charge >= 0.3 is 5.97 Å². The molecule has 0 saturated heterocycles. The highest BCUT2D eigenvalue weighted by molar-refractivity contribution is 5.97. The average Bonchev–Trinajstić information content (AvgIpc) is 3.10. The van der Waals surface area contributed by atoms with Crippen LogP contribution < -0.4 is 14.8 Å². The number of methoxy groups -OCH3 is 2. The Kier molecular flexibility index (Phi) is 5.84. The molecule has 3 aromatic rings. The van der Waals surface area contributed by atoms with Gasteiger partial charge in [-0.25, -0.2) is 0 Å². The van der Waals surface area contributed by atoms with E-state index in [4.69, 9.17) is 14.2 Å². The van der Waals surface area contributed by atoms with E-state index in [2.05, 4.69) is 10.3 Å². The Hall–Kier alpha value is -3.48. The third kappa shape index (κ3) is 4.25. The number of aromatic amines is 1. The molecule has 0 spiro atoms. The molecule has 0 bridgehead atoms. The van der Waals surface area contributed by atoms with Gasteiger partial charge < -0.3 is 24.5 Å². The number of hydrogen-bond acceptors (Lipinski definition) is 5. The Morgan fingerprint density at radius 3 is 2.64 bits per heavy atom. The fourth-order valence-corrected chi connectivity index (χ4v) is 2.87. The van der Waals surface area contributed by atoms with E-state index in [-0.39, 0.29) is 6.42 Å². The fourth-order valence-electron chi connectivity index (χ4n) is 2.87. The van der Waals surface area contributed by atoms with Crippen molar-refractivity contribution in [3.05, 3.63) is 54.2 Å². The first-order valence-electron chi connectivity index (χ1n) is 8.79. The van der Waals surface area contributed by atoms with Crippen LogP contribution in [0.2, 0.25) is 0 Å². The lowest BCUT2D eigenvalue weighted by Gasteiger charge is -2.16. The third-order valence-electron chi connectivity index (χ3n) is 4.35. The van der Waals surface area contributed by atoms with Crippen molar-refractivity contribution in [2.75, 3.05) is 19.5 Å². The zero-order valence-electron chi connectivity index (χ0n) is 15.9. The van der Waals surface area contributed by atoms with Gasteiger partial charge in [-0.1, -0.05) is 18.2 Å². The van der Waals surface area contributed by atoms with Gasteiger partial charge in [0.2, 0.25) is 0 Å². The number of benzene rings is 2. The highest BCUT2D eigenvalue weighted by Crippen LogP contribution is 2.29. The molecule has 28 heavy (non-hydrogen) atoms. The minimum Gasteiger partial charge on any atom is -0.497 e. The van der Waals surface area contributed by atoms with Gasteiger partial charge in [0, 0.05) is 23.2 Å². The van der Waals surface area contributed by atoms with Crippen molar-refractivity contribution in [3.8, 4) is 11.5 Å². The molecule has 0 aliphatic rings. The predicted octanol–water partition coefficient (Wildman–Crippen LogP) is 3.30. The maximum Gasteiger partial charge on any atom is 0.311 e. The van der Waals surface area contributed by atoms with Crippen molar-refractivity contribution in [2.45, 2.75) is 19.4 Å². The molecule has 0 aliphatic heterocycles. The van der Waals surface area contributed by atoms with E-state index in [9.17, 15) is 9.59 Å². The molecule has 0 fully saturated rings. The Morgan fingerprint density at radius 1 is 1.11 bits per heavy atom. The number of hydrogen-bond donors (Lipinski definition) is 2. The number of carbonyl (C=O) groups excluding carboxylic acids is 2. The summed E-state index contributed by atoms with van der Waals surface area (Å²) in [6.45, 7) is 1.52. The number of amides is 1. The van der Waals surface area contributed by atoms with E-state index < -0.39 is 18.0 Å². The van der Waals surface area contributed by atoms with Gasteiger partial charge in [-0.2, -0.15) is 0 Å². The van der Waals surface area contributed by atoms with E-state index in [0.717, 1.165) is 16.5 Å². The normalized spacial score (nSPS) is 11.7. The lowest BCUT2D eigenvalue weighted by atomic mass is 10.1. The van der Waals surface area contributed by atoms with Crippen molar-refractivity contribution < 1.29 is 23.8 Å². The van der Waals surface area contributed by atoms with Gasteiger partial charge in [0.25, 0.3) is 5.91 Å². The Bertz CT molecular complexity index is 995. The molecule has 146 valence electrons. The molecule has 2 N–H and O–H groups in total. The van der Waals surface area contributed by atoms with Gasteiger partial charge in [-0.15, -0.1) is 0 Å². The second kappa shape index (κ2) is 8.47. The lowest BCUT2D eigenvalue weighted by Crippen LogP contribution is -2.30. The minimum absolute atomic E-state index is 0.0735. The molecule has 0 aliphatic carbocycles. The Morgan fingerprint density at radius 2 is 1.89 bits per heavy atom. The summed E-state index contributed by atoms with van der Waals surface area (Å²) in [7, 11) is 3.03. The van der Waals surface area contributed by atoms with E-state index >= 15 is 0 Å². The number of ether oxygens (including phenoxy) is 3. The quantitative estimate of drug-likeness (QED) is 0.612. The average molecular weight is 382 g/mol. The third-order valence-corrected chi connectivity index (χ3v) is 4.35. The molecule has 7 heteroatoms. The van der Waals surface area contributed by atoms with E-state index in [1.807, 2.05) is 24.3 Å². The SMILES string of the molecule is COc1ccc(OC)c(NC(=O)C(C)OC(=O)Cc2c[nH]c3ccccc23)c1. The van der Waals surface area contributed by atoms with Crippen LogP contribution in [0.25, 0.3) is 10.9 Å². The van der Waals surface area contributed by atoms with Crippen LogP contribution in [0.4, 0.5) is 5.69 Å².